The number of fused-ring (bicyclic) bond motifs is 3. The minimum Gasteiger partial charge on any atom is -0.443 e. The summed E-state index contributed by atoms with van der Waals surface area (Å²) in [4.78, 5) is 13.0. The van der Waals surface area contributed by atoms with E-state index in [0.717, 1.165) is 38.9 Å². The highest BCUT2D eigenvalue weighted by Crippen LogP contribution is 2.34. The zero-order valence-corrected chi connectivity index (χ0v) is 7.08. The van der Waals surface area contributed by atoms with Crippen molar-refractivity contribution in [3.05, 3.63) is 0 Å². The summed E-state index contributed by atoms with van der Waals surface area (Å²) in [5.74, 6) is 0. The van der Waals surface area contributed by atoms with Gasteiger partial charge in [-0.3, -0.25) is 0 Å². The molecule has 3 aliphatic rings. The lowest BCUT2D eigenvalue weighted by Crippen LogP contribution is -2.54. The summed E-state index contributed by atoms with van der Waals surface area (Å²) in [7, 11) is 0. The number of amides is 1. The number of nitrogens with zero attached hydrogens (tertiary/aromatic N) is 1. The maximum absolute atomic E-state index is 10.6. The minimum atomic E-state index is -0.620. The molecule has 0 radical (unpaired) electrons. The van der Waals surface area contributed by atoms with Gasteiger partial charge in [-0.05, 0) is 0 Å². The van der Waals surface area contributed by atoms with E-state index in [4.69, 9.17) is 10.5 Å². The number of rotatable bonds is 1. The van der Waals surface area contributed by atoms with E-state index < -0.39 is 6.09 Å². The number of primary amides is 1. The average molecular weight is 170 g/mol. The van der Waals surface area contributed by atoms with E-state index in [-0.39, 0.29) is 5.60 Å². The van der Waals surface area contributed by atoms with Crippen molar-refractivity contribution in [3.63, 3.8) is 0 Å². The van der Waals surface area contributed by atoms with Crippen molar-refractivity contribution in [3.8, 4) is 0 Å². The zero-order valence-electron chi connectivity index (χ0n) is 7.08. The maximum atomic E-state index is 10.6. The Labute approximate surface area is 71.7 Å². The van der Waals surface area contributed by atoms with Crippen LogP contribution in [0, 0.1) is 0 Å². The van der Waals surface area contributed by atoms with Crippen molar-refractivity contribution in [2.45, 2.75) is 24.9 Å². The van der Waals surface area contributed by atoms with Crippen LogP contribution in [0.4, 0.5) is 4.79 Å². The number of hydrogen-bond acceptors (Lipinski definition) is 3. The summed E-state index contributed by atoms with van der Waals surface area (Å²) >= 11 is 0. The Balaban J connectivity index is 2.03. The van der Waals surface area contributed by atoms with E-state index in [1.807, 2.05) is 0 Å². The molecule has 0 atom stereocenters. The predicted octanol–water partition coefficient (Wildman–Crippen LogP) is 0.320. The third-order valence-corrected chi connectivity index (χ3v) is 2.97. The smallest absolute Gasteiger partial charge is 0.405 e. The fourth-order valence-corrected chi connectivity index (χ4v) is 2.16. The molecule has 3 fully saturated rings. The first-order valence-corrected chi connectivity index (χ1v) is 4.41. The third-order valence-electron chi connectivity index (χ3n) is 2.97. The van der Waals surface area contributed by atoms with E-state index in [1.165, 1.54) is 0 Å². The number of hydrogen-bond donors (Lipinski definition) is 1. The summed E-state index contributed by atoms with van der Waals surface area (Å²) < 4.78 is 5.18. The van der Waals surface area contributed by atoms with Crippen LogP contribution in [0.2, 0.25) is 0 Å². The van der Waals surface area contributed by atoms with E-state index in [9.17, 15) is 4.79 Å². The molecule has 0 aliphatic carbocycles. The Morgan fingerprint density at radius 2 is 1.75 bits per heavy atom. The van der Waals surface area contributed by atoms with Gasteiger partial charge in [-0.25, -0.2) is 4.79 Å². The molecule has 3 aliphatic heterocycles. The van der Waals surface area contributed by atoms with Crippen molar-refractivity contribution in [2.24, 2.45) is 5.73 Å². The highest BCUT2D eigenvalue weighted by atomic mass is 16.6. The second-order valence-electron chi connectivity index (χ2n) is 3.70. The Hall–Kier alpha value is -0.770. The largest absolute Gasteiger partial charge is 0.443 e. The van der Waals surface area contributed by atoms with Gasteiger partial charge in [0.15, 0.2) is 0 Å². The van der Waals surface area contributed by atoms with Crippen LogP contribution in [-0.4, -0.2) is 36.2 Å². The van der Waals surface area contributed by atoms with Crippen LogP contribution in [-0.2, 0) is 4.74 Å². The molecule has 3 heterocycles. The van der Waals surface area contributed by atoms with Crippen molar-refractivity contribution in [2.75, 3.05) is 19.6 Å². The van der Waals surface area contributed by atoms with Crippen LogP contribution in [0.25, 0.3) is 0 Å². The molecule has 2 bridgehead atoms. The molecule has 0 saturated carbocycles. The van der Waals surface area contributed by atoms with E-state index in [2.05, 4.69) is 4.90 Å². The van der Waals surface area contributed by atoms with Gasteiger partial charge in [-0.2, -0.15) is 0 Å². The highest BCUT2D eigenvalue weighted by molar-refractivity contribution is 5.65. The molecule has 3 saturated heterocycles. The Morgan fingerprint density at radius 3 is 2.17 bits per heavy atom. The molecular formula is C8H14N2O2. The SMILES string of the molecule is NC(=O)OC12CCN(CC1)CC2. The van der Waals surface area contributed by atoms with Crippen LogP contribution in [0.3, 0.4) is 0 Å². The number of carbonyl (C=O) groups is 1. The molecule has 4 nitrogen and oxygen atoms in total. The van der Waals surface area contributed by atoms with Crippen molar-refractivity contribution in [1.82, 2.24) is 4.90 Å². The second-order valence-corrected chi connectivity index (χ2v) is 3.70. The maximum Gasteiger partial charge on any atom is 0.405 e. The summed E-state index contributed by atoms with van der Waals surface area (Å²) in [6.45, 7) is 3.15. The molecule has 0 unspecified atom stereocenters. The highest BCUT2D eigenvalue weighted by Gasteiger charge is 2.42. The molecule has 0 aromatic rings. The normalized spacial score (nSPS) is 39.5. The van der Waals surface area contributed by atoms with Gasteiger partial charge >= 0.3 is 6.09 Å². The fourth-order valence-electron chi connectivity index (χ4n) is 2.16. The molecule has 0 aromatic heterocycles. The first kappa shape index (κ1) is 7.86. The lowest BCUT2D eigenvalue weighted by molar-refractivity contribution is -0.0757. The van der Waals surface area contributed by atoms with Gasteiger partial charge in [0.1, 0.15) is 5.60 Å². The zero-order chi connectivity index (χ0) is 8.60. The van der Waals surface area contributed by atoms with E-state index >= 15 is 0 Å². The number of ether oxygens (including phenoxy) is 1. The molecule has 2 N–H and O–H groups in total. The Bertz CT molecular complexity index is 183. The molecule has 3 rings (SSSR count). The van der Waals surface area contributed by atoms with Gasteiger partial charge in [-0.15, -0.1) is 0 Å². The Morgan fingerprint density at radius 1 is 1.25 bits per heavy atom. The van der Waals surface area contributed by atoms with Crippen LogP contribution in [0.15, 0.2) is 0 Å². The van der Waals surface area contributed by atoms with E-state index in [1.54, 1.807) is 0 Å². The first-order chi connectivity index (χ1) is 5.70. The molecule has 68 valence electrons. The summed E-state index contributed by atoms with van der Waals surface area (Å²) in [5, 5.41) is 0. The number of carbonyl (C=O) groups excluding carboxylic acids is 1. The third kappa shape index (κ3) is 1.27. The van der Waals surface area contributed by atoms with Gasteiger partial charge in [0, 0.05) is 38.9 Å². The van der Waals surface area contributed by atoms with Gasteiger partial charge < -0.3 is 15.4 Å². The quantitative estimate of drug-likeness (QED) is 0.616. The van der Waals surface area contributed by atoms with Crippen molar-refractivity contribution in [1.29, 1.82) is 0 Å². The van der Waals surface area contributed by atoms with Gasteiger partial charge in [-0.1, -0.05) is 0 Å². The Kier molecular flexibility index (Phi) is 1.72. The fraction of sp³-hybridized carbons (Fsp3) is 0.875. The number of nitrogens with two attached hydrogens (primary N) is 1. The lowest BCUT2D eigenvalue weighted by atomic mass is 9.83. The minimum absolute atomic E-state index is 0.208. The standard InChI is InChI=1S/C8H14N2O2/c9-7(11)12-8-1-4-10(5-2-8)6-3-8/h1-6H2,(H2,9,11). The molecule has 1 amide bonds. The molecular weight excluding hydrogens is 156 g/mol. The van der Waals surface area contributed by atoms with Crippen LogP contribution >= 0.6 is 0 Å². The van der Waals surface area contributed by atoms with Crippen molar-refractivity contribution >= 4 is 6.09 Å². The molecule has 12 heavy (non-hydrogen) atoms. The topological polar surface area (TPSA) is 55.6 Å². The van der Waals surface area contributed by atoms with Crippen LogP contribution < -0.4 is 5.73 Å². The average Bonchev–Trinajstić information content (AvgIpc) is 2.05. The lowest BCUT2D eigenvalue weighted by Gasteiger charge is -2.47. The summed E-state index contributed by atoms with van der Waals surface area (Å²) in [6, 6.07) is 0. The molecule has 4 heteroatoms. The van der Waals surface area contributed by atoms with Gasteiger partial charge in [0.2, 0.25) is 0 Å². The second kappa shape index (κ2) is 2.62. The van der Waals surface area contributed by atoms with Crippen LogP contribution in [0.5, 0.6) is 0 Å². The van der Waals surface area contributed by atoms with Gasteiger partial charge in [0.25, 0.3) is 0 Å². The summed E-state index contributed by atoms with van der Waals surface area (Å²) in [5.41, 5.74) is 4.82. The predicted molar refractivity (Wildman–Crippen MR) is 43.7 cm³/mol. The molecule has 0 aromatic carbocycles. The number of piperidine rings is 3. The van der Waals surface area contributed by atoms with Gasteiger partial charge in [0.05, 0.1) is 0 Å². The molecule has 0 spiro atoms. The monoisotopic (exact) mass is 170 g/mol. The van der Waals surface area contributed by atoms with E-state index in [0.29, 0.717) is 0 Å². The van der Waals surface area contributed by atoms with Crippen LogP contribution in [0.1, 0.15) is 19.3 Å². The summed E-state index contributed by atoms with van der Waals surface area (Å²) in [6.07, 6.45) is 2.24. The van der Waals surface area contributed by atoms with Crippen molar-refractivity contribution < 1.29 is 9.53 Å². The first-order valence-electron chi connectivity index (χ1n) is 4.41.